The Hall–Kier alpha value is -1.09. The summed E-state index contributed by atoms with van der Waals surface area (Å²) in [7, 11) is 0. The summed E-state index contributed by atoms with van der Waals surface area (Å²) < 4.78 is 1.03. The van der Waals surface area contributed by atoms with Crippen LogP contribution in [0, 0.1) is 0 Å². The van der Waals surface area contributed by atoms with Crippen LogP contribution < -0.4 is 0 Å². The van der Waals surface area contributed by atoms with Gasteiger partial charge in [0.05, 0.1) is 0 Å². The van der Waals surface area contributed by atoms with E-state index in [9.17, 15) is 4.79 Å². The Bertz CT molecular complexity index is 447. The van der Waals surface area contributed by atoms with Gasteiger partial charge >= 0.3 is 0 Å². The number of carbonyl (C=O) groups excluding carboxylic acids is 1. The van der Waals surface area contributed by atoms with Crippen LogP contribution in [0.2, 0.25) is 0 Å². The lowest BCUT2D eigenvalue weighted by Gasteiger charge is -1.95. The third-order valence-corrected chi connectivity index (χ3v) is 2.70. The quantitative estimate of drug-likeness (QED) is 0.801. The fourth-order valence-electron chi connectivity index (χ4n) is 1.46. The van der Waals surface area contributed by atoms with E-state index in [-0.39, 0.29) is 0 Å². The van der Waals surface area contributed by atoms with Crippen LogP contribution in [0.4, 0.5) is 0 Å². The number of benzene rings is 1. The van der Waals surface area contributed by atoms with E-state index in [2.05, 4.69) is 20.9 Å². The highest BCUT2D eigenvalue weighted by atomic mass is 79.9. The van der Waals surface area contributed by atoms with Crippen molar-refractivity contribution in [2.75, 3.05) is 0 Å². The molecule has 0 fully saturated rings. The molecule has 66 valence electrons. The predicted octanol–water partition coefficient (Wildman–Crippen LogP) is 2.67. The van der Waals surface area contributed by atoms with Gasteiger partial charge in [-0.15, -0.1) is 0 Å². The largest absolute Gasteiger partial charge is 0.361 e. The molecule has 0 aliphatic rings. The molecular weight excluding hydrogens is 230 g/mol. The van der Waals surface area contributed by atoms with Crippen molar-refractivity contribution in [3.8, 4) is 0 Å². The van der Waals surface area contributed by atoms with Gasteiger partial charge in [-0.25, -0.2) is 0 Å². The minimum absolute atomic E-state index is 0.461. The van der Waals surface area contributed by atoms with E-state index in [0.29, 0.717) is 6.42 Å². The number of hydrogen-bond donors (Lipinski definition) is 1. The van der Waals surface area contributed by atoms with Crippen molar-refractivity contribution < 1.29 is 4.79 Å². The number of halogens is 1. The number of aldehydes is 1. The van der Waals surface area contributed by atoms with Crippen LogP contribution in [0.15, 0.2) is 28.9 Å². The summed E-state index contributed by atoms with van der Waals surface area (Å²) in [6, 6.07) is 5.94. The van der Waals surface area contributed by atoms with Gasteiger partial charge in [-0.1, -0.05) is 22.0 Å². The normalized spacial score (nSPS) is 10.5. The van der Waals surface area contributed by atoms with Crippen molar-refractivity contribution in [1.82, 2.24) is 4.98 Å². The van der Waals surface area contributed by atoms with Crippen LogP contribution >= 0.6 is 15.9 Å². The highest BCUT2D eigenvalue weighted by Gasteiger charge is 2.05. The van der Waals surface area contributed by atoms with E-state index >= 15 is 0 Å². The second-order valence-corrected chi connectivity index (χ2v) is 3.70. The molecule has 0 unspecified atom stereocenters. The van der Waals surface area contributed by atoms with Gasteiger partial charge in [-0.2, -0.15) is 0 Å². The molecular formula is C10H8BrNO. The first-order valence-electron chi connectivity index (χ1n) is 4.01. The molecule has 0 saturated heterocycles. The molecule has 0 aliphatic carbocycles. The maximum absolute atomic E-state index is 10.4. The lowest BCUT2D eigenvalue weighted by atomic mass is 10.1. The van der Waals surface area contributed by atoms with Gasteiger partial charge < -0.3 is 9.78 Å². The summed E-state index contributed by atoms with van der Waals surface area (Å²) in [5, 5.41) is 1.11. The maximum Gasteiger partial charge on any atom is 0.124 e. The third-order valence-electron chi connectivity index (χ3n) is 2.04. The zero-order valence-corrected chi connectivity index (χ0v) is 8.47. The smallest absolute Gasteiger partial charge is 0.124 e. The number of carbonyl (C=O) groups is 1. The molecule has 2 nitrogen and oxygen atoms in total. The Kier molecular flexibility index (Phi) is 2.19. The number of H-pyrrole nitrogens is 1. The van der Waals surface area contributed by atoms with Crippen molar-refractivity contribution >= 4 is 33.1 Å². The lowest BCUT2D eigenvalue weighted by molar-refractivity contribution is -0.107. The first kappa shape index (κ1) is 8.51. The molecule has 2 aromatic rings. The van der Waals surface area contributed by atoms with E-state index in [1.807, 2.05) is 24.4 Å². The van der Waals surface area contributed by atoms with E-state index in [4.69, 9.17) is 0 Å². The van der Waals surface area contributed by atoms with E-state index in [1.54, 1.807) is 0 Å². The molecule has 1 aromatic heterocycles. The van der Waals surface area contributed by atoms with Gasteiger partial charge in [-0.3, -0.25) is 0 Å². The molecule has 3 heteroatoms. The number of aromatic amines is 1. The average Bonchev–Trinajstić information content (AvgIpc) is 2.51. The van der Waals surface area contributed by atoms with Crippen LogP contribution in [0.5, 0.6) is 0 Å². The Morgan fingerprint density at radius 1 is 1.46 bits per heavy atom. The molecule has 2 rings (SSSR count). The van der Waals surface area contributed by atoms with Gasteiger partial charge in [0.25, 0.3) is 0 Å². The topological polar surface area (TPSA) is 32.9 Å². The summed E-state index contributed by atoms with van der Waals surface area (Å²) >= 11 is 3.46. The van der Waals surface area contributed by atoms with Gasteiger partial charge in [0, 0.05) is 28.0 Å². The molecule has 1 heterocycles. The second kappa shape index (κ2) is 3.34. The van der Waals surface area contributed by atoms with E-state index < -0.39 is 0 Å². The van der Waals surface area contributed by atoms with Crippen molar-refractivity contribution in [2.24, 2.45) is 0 Å². The van der Waals surface area contributed by atoms with Crippen LogP contribution in [-0.4, -0.2) is 11.3 Å². The Morgan fingerprint density at radius 2 is 2.31 bits per heavy atom. The Balaban J connectivity index is 2.70. The molecule has 0 bridgehead atoms. The molecule has 0 spiro atoms. The molecule has 1 N–H and O–H groups in total. The van der Waals surface area contributed by atoms with Crippen LogP contribution in [0.25, 0.3) is 10.9 Å². The Morgan fingerprint density at radius 3 is 3.08 bits per heavy atom. The molecule has 0 saturated carbocycles. The first-order chi connectivity index (χ1) is 6.33. The van der Waals surface area contributed by atoms with Crippen molar-refractivity contribution in [3.63, 3.8) is 0 Å². The molecule has 0 atom stereocenters. The highest BCUT2D eigenvalue weighted by Crippen LogP contribution is 2.26. The molecule has 13 heavy (non-hydrogen) atoms. The number of hydrogen-bond acceptors (Lipinski definition) is 1. The van der Waals surface area contributed by atoms with Gasteiger partial charge in [0.15, 0.2) is 0 Å². The number of aromatic nitrogens is 1. The fraction of sp³-hybridized carbons (Fsp3) is 0.100. The minimum Gasteiger partial charge on any atom is -0.361 e. The third kappa shape index (κ3) is 1.40. The zero-order valence-electron chi connectivity index (χ0n) is 6.88. The monoisotopic (exact) mass is 237 g/mol. The number of fused-ring (bicyclic) bond motifs is 1. The molecule has 1 aromatic carbocycles. The summed E-state index contributed by atoms with van der Waals surface area (Å²) in [6.07, 6.45) is 3.26. The van der Waals surface area contributed by atoms with E-state index in [0.717, 1.165) is 27.2 Å². The van der Waals surface area contributed by atoms with Crippen LogP contribution in [0.3, 0.4) is 0 Å². The SMILES string of the molecule is O=CCc1c[nH]c2cccc(Br)c12. The molecule has 0 amide bonds. The van der Waals surface area contributed by atoms with Crippen molar-refractivity contribution in [3.05, 3.63) is 34.4 Å². The molecule has 0 radical (unpaired) electrons. The van der Waals surface area contributed by atoms with Crippen molar-refractivity contribution in [1.29, 1.82) is 0 Å². The fourth-order valence-corrected chi connectivity index (χ4v) is 2.08. The predicted molar refractivity (Wildman–Crippen MR) is 55.8 cm³/mol. The number of nitrogens with one attached hydrogen (secondary N) is 1. The highest BCUT2D eigenvalue weighted by molar-refractivity contribution is 9.10. The lowest BCUT2D eigenvalue weighted by Crippen LogP contribution is -1.82. The van der Waals surface area contributed by atoms with Crippen molar-refractivity contribution in [2.45, 2.75) is 6.42 Å². The summed E-state index contributed by atoms with van der Waals surface area (Å²) in [5.74, 6) is 0. The zero-order chi connectivity index (χ0) is 9.26. The summed E-state index contributed by atoms with van der Waals surface area (Å²) in [6.45, 7) is 0. The molecule has 0 aliphatic heterocycles. The van der Waals surface area contributed by atoms with Gasteiger partial charge in [0.1, 0.15) is 6.29 Å². The first-order valence-corrected chi connectivity index (χ1v) is 4.80. The minimum atomic E-state index is 0.461. The van der Waals surface area contributed by atoms with Gasteiger partial charge in [-0.05, 0) is 17.7 Å². The standard InChI is InChI=1S/C10H8BrNO/c11-8-2-1-3-9-10(8)7(4-5-13)6-12-9/h1-3,5-6,12H,4H2. The summed E-state index contributed by atoms with van der Waals surface area (Å²) in [4.78, 5) is 13.5. The average molecular weight is 238 g/mol. The van der Waals surface area contributed by atoms with Crippen LogP contribution in [-0.2, 0) is 11.2 Å². The van der Waals surface area contributed by atoms with Crippen LogP contribution in [0.1, 0.15) is 5.56 Å². The maximum atomic E-state index is 10.4. The van der Waals surface area contributed by atoms with Gasteiger partial charge in [0.2, 0.25) is 0 Å². The second-order valence-electron chi connectivity index (χ2n) is 2.85. The number of rotatable bonds is 2. The summed E-state index contributed by atoms with van der Waals surface area (Å²) in [5.41, 5.74) is 2.10. The Labute approximate surface area is 84.1 Å². The van der Waals surface area contributed by atoms with E-state index in [1.165, 1.54) is 0 Å².